The predicted molar refractivity (Wildman–Crippen MR) is 145 cm³/mol. The maximum absolute atomic E-state index is 15.2. The van der Waals surface area contributed by atoms with E-state index in [1.54, 1.807) is 18.2 Å². The first kappa shape index (κ1) is 25.0. The van der Waals surface area contributed by atoms with E-state index in [0.29, 0.717) is 17.1 Å². The van der Waals surface area contributed by atoms with Crippen molar-refractivity contribution in [3.05, 3.63) is 47.5 Å². The minimum Gasteiger partial charge on any atom is -0.421 e. The van der Waals surface area contributed by atoms with Crippen molar-refractivity contribution in [2.24, 2.45) is 0 Å². The zero-order valence-corrected chi connectivity index (χ0v) is 22.2. The van der Waals surface area contributed by atoms with E-state index >= 15 is 4.39 Å². The van der Waals surface area contributed by atoms with Gasteiger partial charge in [-0.15, -0.1) is 0 Å². The Morgan fingerprint density at radius 1 is 1.03 bits per heavy atom. The van der Waals surface area contributed by atoms with Crippen molar-refractivity contribution in [1.29, 1.82) is 0 Å². The van der Waals surface area contributed by atoms with Crippen molar-refractivity contribution in [3.63, 3.8) is 0 Å². The van der Waals surface area contributed by atoms with Gasteiger partial charge in [0, 0.05) is 73.6 Å². The van der Waals surface area contributed by atoms with Gasteiger partial charge in [-0.3, -0.25) is 5.10 Å². The molecule has 0 radical (unpaired) electrons. The molecule has 2 aliphatic rings. The van der Waals surface area contributed by atoms with Crippen LogP contribution >= 0.6 is 0 Å². The quantitative estimate of drug-likeness (QED) is 0.365. The lowest BCUT2D eigenvalue weighted by molar-refractivity contribution is 0.311. The Morgan fingerprint density at radius 3 is 2.51 bits per heavy atom. The summed E-state index contributed by atoms with van der Waals surface area (Å²) in [6, 6.07) is 9.30. The fraction of sp³-hybridized carbons (Fsp3) is 0.444. The third kappa shape index (κ3) is 5.24. The van der Waals surface area contributed by atoms with Gasteiger partial charge in [-0.25, -0.2) is 4.39 Å². The van der Waals surface area contributed by atoms with Crippen LogP contribution in [0.25, 0.3) is 10.9 Å². The Labute approximate surface area is 216 Å². The van der Waals surface area contributed by atoms with Gasteiger partial charge >= 0.3 is 6.01 Å². The largest absolute Gasteiger partial charge is 0.421 e. The molecule has 37 heavy (non-hydrogen) atoms. The number of rotatable bonds is 6. The van der Waals surface area contributed by atoms with Crippen LogP contribution in [0.15, 0.2) is 30.3 Å². The number of ether oxygens (including phenoxy) is 1. The molecule has 1 aliphatic heterocycles. The van der Waals surface area contributed by atoms with Gasteiger partial charge in [0.05, 0.1) is 0 Å². The van der Waals surface area contributed by atoms with Crippen molar-refractivity contribution in [2.75, 3.05) is 50.1 Å². The van der Waals surface area contributed by atoms with Gasteiger partial charge in [-0.05, 0) is 45.0 Å². The van der Waals surface area contributed by atoms with E-state index < -0.39 is 5.82 Å². The third-order valence-corrected chi connectivity index (χ3v) is 6.83. The number of likely N-dealkylation sites (N-methyl/N-ethyl adjacent to an activating group) is 1. The molecule has 1 saturated heterocycles. The minimum absolute atomic E-state index is 0.0939. The fourth-order valence-electron chi connectivity index (χ4n) is 4.50. The Balaban J connectivity index is 0.00000137. The van der Waals surface area contributed by atoms with E-state index in [0.717, 1.165) is 54.7 Å². The average molecular weight is 507 g/mol. The second kappa shape index (κ2) is 10.4. The fourth-order valence-corrected chi connectivity index (χ4v) is 4.50. The molecule has 196 valence electrons. The van der Waals surface area contributed by atoms with Crippen molar-refractivity contribution < 1.29 is 9.13 Å². The minimum atomic E-state index is -0.434. The normalized spacial score (nSPS) is 16.0. The summed E-state index contributed by atoms with van der Waals surface area (Å²) < 4.78 is 21.2. The molecule has 10 heteroatoms. The van der Waals surface area contributed by atoms with Gasteiger partial charge in [-0.2, -0.15) is 15.1 Å². The van der Waals surface area contributed by atoms with Gasteiger partial charge in [0.1, 0.15) is 11.6 Å². The van der Waals surface area contributed by atoms with Crippen LogP contribution in [0.5, 0.6) is 11.8 Å². The second-order valence-electron chi connectivity index (χ2n) is 9.57. The number of fused-ring (bicyclic) bond motifs is 1. The van der Waals surface area contributed by atoms with Crippen LogP contribution in [0.4, 0.5) is 21.8 Å². The number of nitrogens with zero attached hydrogens (tertiary/aromatic N) is 6. The number of hydrogen-bond donors (Lipinski definition) is 2. The van der Waals surface area contributed by atoms with Gasteiger partial charge in [-0.1, -0.05) is 13.8 Å². The number of H-pyrrole nitrogens is 2. The molecular formula is C27H35FN8O. The van der Waals surface area contributed by atoms with E-state index in [1.165, 1.54) is 12.8 Å². The van der Waals surface area contributed by atoms with Gasteiger partial charge < -0.3 is 24.4 Å². The van der Waals surface area contributed by atoms with Crippen molar-refractivity contribution >= 4 is 28.4 Å². The van der Waals surface area contributed by atoms with Crippen LogP contribution in [-0.4, -0.2) is 70.3 Å². The highest BCUT2D eigenvalue weighted by molar-refractivity contribution is 5.82. The molecule has 1 saturated carbocycles. The number of aromatic amines is 2. The molecule has 9 nitrogen and oxygen atoms in total. The third-order valence-electron chi connectivity index (χ3n) is 6.83. The van der Waals surface area contributed by atoms with E-state index in [-0.39, 0.29) is 11.8 Å². The zero-order valence-electron chi connectivity index (χ0n) is 22.2. The Kier molecular flexibility index (Phi) is 7.01. The maximum atomic E-state index is 15.2. The average Bonchev–Trinajstić information content (AvgIpc) is 3.51. The van der Waals surface area contributed by atoms with Crippen LogP contribution in [0.2, 0.25) is 0 Å². The number of piperazine rings is 1. The van der Waals surface area contributed by atoms with Crippen molar-refractivity contribution in [3.8, 4) is 11.8 Å². The lowest BCUT2D eigenvalue weighted by Gasteiger charge is -2.33. The monoisotopic (exact) mass is 506 g/mol. The molecule has 0 unspecified atom stereocenters. The number of nitrogens with one attached hydrogen (secondary N) is 2. The summed E-state index contributed by atoms with van der Waals surface area (Å²) in [5.41, 5.74) is 2.76. The second-order valence-corrected chi connectivity index (χ2v) is 9.57. The summed E-state index contributed by atoms with van der Waals surface area (Å²) in [7, 11) is 4.03. The first-order valence-corrected chi connectivity index (χ1v) is 13.0. The van der Waals surface area contributed by atoms with Gasteiger partial charge in [0.15, 0.2) is 17.4 Å². The van der Waals surface area contributed by atoms with Crippen molar-refractivity contribution in [2.45, 2.75) is 39.5 Å². The molecule has 4 heterocycles. The predicted octanol–water partition coefficient (Wildman–Crippen LogP) is 5.34. The Hall–Kier alpha value is -3.66. The number of aryl methyl sites for hydroxylation is 1. The van der Waals surface area contributed by atoms with Crippen LogP contribution in [-0.2, 0) is 0 Å². The van der Waals surface area contributed by atoms with E-state index in [9.17, 15) is 0 Å². The van der Waals surface area contributed by atoms with Gasteiger partial charge in [0.2, 0.25) is 0 Å². The summed E-state index contributed by atoms with van der Waals surface area (Å²) in [5.74, 6) is 2.40. The molecule has 2 N–H and O–H groups in total. The lowest BCUT2D eigenvalue weighted by atomic mass is 10.2. The molecule has 0 spiro atoms. The highest BCUT2D eigenvalue weighted by Gasteiger charge is 2.27. The highest BCUT2D eigenvalue weighted by atomic mass is 19.1. The summed E-state index contributed by atoms with van der Waals surface area (Å²) in [4.78, 5) is 18.9. The van der Waals surface area contributed by atoms with E-state index in [1.807, 2.05) is 38.8 Å². The zero-order chi connectivity index (χ0) is 26.1. The van der Waals surface area contributed by atoms with E-state index in [4.69, 9.17) is 4.74 Å². The van der Waals surface area contributed by atoms with Crippen LogP contribution in [0.3, 0.4) is 0 Å². The highest BCUT2D eigenvalue weighted by Crippen LogP contribution is 2.40. The topological polar surface area (TPSA) is 89.2 Å². The molecule has 4 aromatic rings. The molecule has 1 aromatic carbocycles. The molecule has 0 amide bonds. The van der Waals surface area contributed by atoms with Gasteiger partial charge in [0.25, 0.3) is 0 Å². The Morgan fingerprint density at radius 2 is 1.78 bits per heavy atom. The summed E-state index contributed by atoms with van der Waals surface area (Å²) in [5, 5.41) is 8.12. The smallest absolute Gasteiger partial charge is 0.326 e. The molecule has 6 rings (SSSR count). The SMILES string of the molecule is CC.Cc1cc2c(F)c(Oc3nc(N4CCN(C)CC4)cc(N(C)c4cc(C5CC5)[nH]n4)n3)ccc2[nH]1. The molecule has 3 aromatic heterocycles. The van der Waals surface area contributed by atoms with E-state index in [2.05, 4.69) is 48.1 Å². The number of anilines is 3. The standard InChI is InChI=1S/C25H29FN8O.C2H6/c1-15-12-17-18(27-15)6-7-20(24(17)26)35-25-28-21(14-22(29-25)34-10-8-32(2)9-11-34)33(3)23-13-19(30-31-23)16-4-5-16;1-2/h6-7,12-14,16,27H,4-5,8-11H2,1-3H3,(H,30,31);1-2H3. The summed E-state index contributed by atoms with van der Waals surface area (Å²) in [6.45, 7) is 9.45. The van der Waals surface area contributed by atoms with Crippen LogP contribution in [0, 0.1) is 12.7 Å². The number of benzene rings is 1. The van der Waals surface area contributed by atoms with Crippen LogP contribution < -0.4 is 14.5 Å². The number of halogens is 1. The molecule has 0 atom stereocenters. The number of aromatic nitrogens is 5. The molecule has 2 fully saturated rings. The first-order chi connectivity index (χ1) is 17.9. The van der Waals surface area contributed by atoms with Crippen LogP contribution in [0.1, 0.15) is 44.0 Å². The Bertz CT molecular complexity index is 1370. The summed E-state index contributed by atoms with van der Waals surface area (Å²) >= 11 is 0. The maximum Gasteiger partial charge on any atom is 0.326 e. The lowest BCUT2D eigenvalue weighted by Crippen LogP contribution is -2.44. The first-order valence-electron chi connectivity index (χ1n) is 13.0. The van der Waals surface area contributed by atoms with Crippen molar-refractivity contribution in [1.82, 2.24) is 30.0 Å². The molecule has 0 bridgehead atoms. The summed E-state index contributed by atoms with van der Waals surface area (Å²) in [6.07, 6.45) is 2.39. The molecule has 1 aliphatic carbocycles. The number of hydrogen-bond acceptors (Lipinski definition) is 7. The molecular weight excluding hydrogens is 471 g/mol.